The molecule has 3 heterocycles. The van der Waals surface area contributed by atoms with Crippen LogP contribution in [0.15, 0.2) is 52.4 Å². The van der Waals surface area contributed by atoms with Crippen LogP contribution in [0.3, 0.4) is 0 Å². The molecule has 3 nitrogen and oxygen atoms in total. The van der Waals surface area contributed by atoms with E-state index in [0.717, 1.165) is 42.3 Å². The van der Waals surface area contributed by atoms with Gasteiger partial charge in [0.1, 0.15) is 21.2 Å². The van der Waals surface area contributed by atoms with Crippen molar-refractivity contribution in [1.82, 2.24) is 15.0 Å². The number of halogens is 1. The molecule has 7 heteroatoms. The maximum absolute atomic E-state index is 6.24. The van der Waals surface area contributed by atoms with E-state index in [1.165, 1.54) is 0 Å². The van der Waals surface area contributed by atoms with Crippen molar-refractivity contribution in [2.24, 2.45) is 0 Å². The van der Waals surface area contributed by atoms with Crippen LogP contribution in [0.4, 0.5) is 0 Å². The van der Waals surface area contributed by atoms with Gasteiger partial charge in [-0.25, -0.2) is 15.0 Å². The van der Waals surface area contributed by atoms with Gasteiger partial charge >= 0.3 is 0 Å². The molecule has 114 valence electrons. The fourth-order valence-electron chi connectivity index (χ4n) is 2.16. The molecule has 0 radical (unpaired) electrons. The Balaban J connectivity index is 1.54. The third-order valence-electron chi connectivity index (χ3n) is 3.24. The number of nitrogens with zero attached hydrogens (tertiary/aromatic N) is 3. The normalized spacial score (nSPS) is 11.2. The maximum Gasteiger partial charge on any atom is 0.127 e. The Morgan fingerprint density at radius 2 is 2.00 bits per heavy atom. The highest BCUT2D eigenvalue weighted by Crippen LogP contribution is 2.33. The minimum atomic E-state index is 0.733. The summed E-state index contributed by atoms with van der Waals surface area (Å²) in [6.07, 6.45) is 1.62. The third-order valence-corrected chi connectivity index (χ3v) is 6.35. The maximum atomic E-state index is 6.24. The topological polar surface area (TPSA) is 38.7 Å². The predicted octanol–water partition coefficient (Wildman–Crippen LogP) is 5.76. The van der Waals surface area contributed by atoms with Gasteiger partial charge in [-0.2, -0.15) is 0 Å². The van der Waals surface area contributed by atoms with Gasteiger partial charge in [-0.3, -0.25) is 0 Å². The molecule has 23 heavy (non-hydrogen) atoms. The zero-order valence-electron chi connectivity index (χ0n) is 11.8. The zero-order valence-corrected chi connectivity index (χ0v) is 15.0. The molecular formula is C16H10ClN3S3. The van der Waals surface area contributed by atoms with Crippen LogP contribution in [0.5, 0.6) is 0 Å². The summed E-state index contributed by atoms with van der Waals surface area (Å²) >= 11 is 11.2. The van der Waals surface area contributed by atoms with Crippen molar-refractivity contribution >= 4 is 56.3 Å². The van der Waals surface area contributed by atoms with Gasteiger partial charge in [-0.1, -0.05) is 41.6 Å². The zero-order chi connectivity index (χ0) is 15.6. The number of aromatic nitrogens is 3. The van der Waals surface area contributed by atoms with Gasteiger partial charge in [-0.05, 0) is 17.5 Å². The Labute approximate surface area is 150 Å². The predicted molar refractivity (Wildman–Crippen MR) is 99.5 cm³/mol. The molecule has 0 aliphatic carbocycles. The summed E-state index contributed by atoms with van der Waals surface area (Å²) in [6.45, 7) is 0. The molecule has 3 aromatic heterocycles. The fourth-order valence-corrected chi connectivity index (χ4v) is 5.07. The highest BCUT2D eigenvalue weighted by atomic mass is 35.5. The average molecular weight is 376 g/mol. The van der Waals surface area contributed by atoms with Crippen LogP contribution in [-0.4, -0.2) is 15.0 Å². The third kappa shape index (κ3) is 3.12. The Morgan fingerprint density at radius 1 is 1.09 bits per heavy atom. The summed E-state index contributed by atoms with van der Waals surface area (Å²) < 4.78 is 0. The first-order chi connectivity index (χ1) is 11.3. The fraction of sp³-hybridized carbons (Fsp3) is 0.0625. The molecule has 0 atom stereocenters. The van der Waals surface area contributed by atoms with E-state index in [9.17, 15) is 0 Å². The highest BCUT2D eigenvalue weighted by molar-refractivity contribution is 7.98. The number of hydrogen-bond donors (Lipinski definition) is 0. The summed E-state index contributed by atoms with van der Waals surface area (Å²) in [5.41, 5.74) is 2.02. The smallest absolute Gasteiger partial charge is 0.127 e. The van der Waals surface area contributed by atoms with E-state index in [0.29, 0.717) is 0 Å². The number of thiophene rings is 1. The molecule has 0 saturated carbocycles. The van der Waals surface area contributed by atoms with Crippen LogP contribution in [-0.2, 0) is 5.75 Å². The number of fused-ring (bicyclic) bond motifs is 1. The average Bonchev–Trinajstić information content (AvgIpc) is 3.22. The number of hydrogen-bond acceptors (Lipinski definition) is 6. The summed E-state index contributed by atoms with van der Waals surface area (Å²) in [6, 6.07) is 9.86. The Bertz CT molecular complexity index is 964. The van der Waals surface area contributed by atoms with Gasteiger partial charge in [-0.15, -0.1) is 22.7 Å². The second-order valence-electron chi connectivity index (χ2n) is 4.73. The minimum Gasteiger partial charge on any atom is -0.240 e. The standard InChI is InChI=1S/C16H10ClN3S3/c17-13-4-2-1-3-11(13)16-20-10(8-23-16)7-22-15-12-5-6-21-14(12)18-9-19-15/h1-6,8-9H,7H2. The summed E-state index contributed by atoms with van der Waals surface area (Å²) in [4.78, 5) is 14.4. The Hall–Kier alpha value is -1.47. The largest absolute Gasteiger partial charge is 0.240 e. The Kier molecular flexibility index (Phi) is 4.31. The van der Waals surface area contributed by atoms with Gasteiger partial charge < -0.3 is 0 Å². The summed E-state index contributed by atoms with van der Waals surface area (Å²) in [5.74, 6) is 0.781. The SMILES string of the molecule is Clc1ccccc1-c1nc(CSc2ncnc3sccc23)cs1. The lowest BCUT2D eigenvalue weighted by molar-refractivity contribution is 1.10. The molecule has 0 unspecified atom stereocenters. The quantitative estimate of drug-likeness (QED) is 0.335. The van der Waals surface area contributed by atoms with E-state index < -0.39 is 0 Å². The van der Waals surface area contributed by atoms with Gasteiger partial charge in [0.15, 0.2) is 0 Å². The molecule has 0 fully saturated rings. The van der Waals surface area contributed by atoms with Gasteiger partial charge in [0.2, 0.25) is 0 Å². The first kappa shape index (κ1) is 15.1. The summed E-state index contributed by atoms with van der Waals surface area (Å²) in [7, 11) is 0. The van der Waals surface area contributed by atoms with E-state index in [4.69, 9.17) is 16.6 Å². The Morgan fingerprint density at radius 3 is 2.91 bits per heavy atom. The van der Waals surface area contributed by atoms with Crippen LogP contribution >= 0.6 is 46.0 Å². The number of benzene rings is 1. The molecule has 0 spiro atoms. The van der Waals surface area contributed by atoms with Crippen molar-refractivity contribution in [3.05, 3.63) is 58.1 Å². The molecule has 0 aliphatic heterocycles. The van der Waals surface area contributed by atoms with Crippen LogP contribution in [0.2, 0.25) is 5.02 Å². The monoisotopic (exact) mass is 375 g/mol. The van der Waals surface area contributed by atoms with Crippen LogP contribution in [0.1, 0.15) is 5.69 Å². The molecule has 4 aromatic rings. The van der Waals surface area contributed by atoms with E-state index in [-0.39, 0.29) is 0 Å². The molecule has 0 saturated heterocycles. The molecule has 0 aliphatic rings. The number of rotatable bonds is 4. The lowest BCUT2D eigenvalue weighted by atomic mass is 10.2. The van der Waals surface area contributed by atoms with Crippen molar-refractivity contribution in [3.63, 3.8) is 0 Å². The van der Waals surface area contributed by atoms with Crippen LogP contribution in [0.25, 0.3) is 20.8 Å². The van der Waals surface area contributed by atoms with E-state index in [1.807, 2.05) is 29.6 Å². The van der Waals surface area contributed by atoms with Crippen molar-refractivity contribution in [1.29, 1.82) is 0 Å². The van der Waals surface area contributed by atoms with Gasteiger partial charge in [0, 0.05) is 22.1 Å². The van der Waals surface area contributed by atoms with E-state index in [1.54, 1.807) is 40.8 Å². The molecule has 0 N–H and O–H groups in total. The lowest BCUT2D eigenvalue weighted by Gasteiger charge is -2.00. The van der Waals surface area contributed by atoms with Crippen molar-refractivity contribution in [3.8, 4) is 10.6 Å². The van der Waals surface area contributed by atoms with E-state index >= 15 is 0 Å². The van der Waals surface area contributed by atoms with Crippen molar-refractivity contribution in [2.45, 2.75) is 10.8 Å². The minimum absolute atomic E-state index is 0.733. The second-order valence-corrected chi connectivity index (χ2v) is 7.85. The van der Waals surface area contributed by atoms with Crippen molar-refractivity contribution < 1.29 is 0 Å². The highest BCUT2D eigenvalue weighted by Gasteiger charge is 2.10. The first-order valence-electron chi connectivity index (χ1n) is 6.81. The number of thioether (sulfide) groups is 1. The molecule has 0 bridgehead atoms. The summed E-state index contributed by atoms with van der Waals surface area (Å²) in [5, 5.41) is 7.93. The van der Waals surface area contributed by atoms with Gasteiger partial charge in [0.25, 0.3) is 0 Å². The first-order valence-corrected chi connectivity index (χ1v) is 9.94. The molecular weight excluding hydrogens is 366 g/mol. The van der Waals surface area contributed by atoms with Gasteiger partial charge in [0.05, 0.1) is 10.7 Å². The van der Waals surface area contributed by atoms with E-state index in [2.05, 4.69) is 21.4 Å². The second kappa shape index (κ2) is 6.57. The number of thiazole rings is 1. The molecule has 0 amide bonds. The molecule has 1 aromatic carbocycles. The lowest BCUT2D eigenvalue weighted by Crippen LogP contribution is -1.86. The van der Waals surface area contributed by atoms with Crippen molar-refractivity contribution in [2.75, 3.05) is 0 Å². The van der Waals surface area contributed by atoms with Crippen LogP contribution < -0.4 is 0 Å². The molecule has 4 rings (SSSR count). The van der Waals surface area contributed by atoms with Crippen LogP contribution in [0, 0.1) is 0 Å².